The summed E-state index contributed by atoms with van der Waals surface area (Å²) < 4.78 is 21.5. The molecule has 1 amide bonds. The Morgan fingerprint density at radius 2 is 1.93 bits per heavy atom. The summed E-state index contributed by atoms with van der Waals surface area (Å²) in [4.78, 5) is 12.0. The van der Waals surface area contributed by atoms with E-state index in [-0.39, 0.29) is 25.9 Å². The number of aryl methyl sites for hydroxylation is 1. The zero-order valence-corrected chi connectivity index (χ0v) is 15.4. The average molecular weight is 380 g/mol. The maximum absolute atomic E-state index is 12.0. The first kappa shape index (κ1) is 18.1. The van der Waals surface area contributed by atoms with Crippen LogP contribution in [0.25, 0.3) is 11.3 Å². The fourth-order valence-electron chi connectivity index (χ4n) is 2.83. The van der Waals surface area contributed by atoms with Crippen molar-refractivity contribution in [2.45, 2.75) is 20.0 Å². The molecule has 0 aliphatic carbocycles. The average Bonchev–Trinajstić information content (AvgIpc) is 3.37. The van der Waals surface area contributed by atoms with Gasteiger partial charge in [0.25, 0.3) is 0 Å². The molecular weight excluding hydrogens is 360 g/mol. The molecule has 1 aromatic heterocycles. The zero-order valence-electron chi connectivity index (χ0n) is 15.4. The summed E-state index contributed by atoms with van der Waals surface area (Å²) in [5.74, 6) is 1.76. The number of carbonyl (C=O) groups excluding carboxylic acids is 1. The van der Waals surface area contributed by atoms with E-state index in [0.717, 1.165) is 17.7 Å². The molecule has 0 spiro atoms. The van der Waals surface area contributed by atoms with Crippen LogP contribution in [0.2, 0.25) is 0 Å². The summed E-state index contributed by atoms with van der Waals surface area (Å²) >= 11 is 0. The fraction of sp³-hybridized carbons (Fsp3) is 0.238. The van der Waals surface area contributed by atoms with Crippen LogP contribution in [-0.2, 0) is 22.6 Å². The van der Waals surface area contributed by atoms with Gasteiger partial charge in [-0.1, -0.05) is 24.2 Å². The monoisotopic (exact) mass is 380 g/mol. The van der Waals surface area contributed by atoms with Crippen LogP contribution in [0.4, 0.5) is 5.69 Å². The molecule has 144 valence electrons. The van der Waals surface area contributed by atoms with Crippen molar-refractivity contribution in [2.75, 3.05) is 18.7 Å². The van der Waals surface area contributed by atoms with Crippen molar-refractivity contribution in [1.82, 2.24) is 5.16 Å². The van der Waals surface area contributed by atoms with Gasteiger partial charge in [0.15, 0.2) is 17.3 Å². The molecule has 2 aromatic carbocycles. The van der Waals surface area contributed by atoms with Crippen molar-refractivity contribution in [1.29, 1.82) is 0 Å². The lowest BCUT2D eigenvalue weighted by Gasteiger charge is -2.06. The quantitative estimate of drug-likeness (QED) is 0.672. The molecule has 0 radical (unpaired) electrons. The topological polar surface area (TPSA) is 82.8 Å². The number of amides is 1. The van der Waals surface area contributed by atoms with E-state index >= 15 is 0 Å². The summed E-state index contributed by atoms with van der Waals surface area (Å²) in [5.41, 5.74) is 3.40. The van der Waals surface area contributed by atoms with Crippen LogP contribution in [0.15, 0.2) is 53.1 Å². The first-order chi connectivity index (χ1) is 13.7. The molecule has 0 bridgehead atoms. The Morgan fingerprint density at radius 3 is 2.75 bits per heavy atom. The summed E-state index contributed by atoms with van der Waals surface area (Å²) in [6.07, 6.45) is 0.962. The minimum Gasteiger partial charge on any atom is -0.454 e. The van der Waals surface area contributed by atoms with Crippen LogP contribution in [0.1, 0.15) is 18.2 Å². The zero-order chi connectivity index (χ0) is 19.3. The molecule has 7 nitrogen and oxygen atoms in total. The van der Waals surface area contributed by atoms with E-state index in [1.165, 1.54) is 5.56 Å². The van der Waals surface area contributed by atoms with Gasteiger partial charge in [-0.15, -0.1) is 0 Å². The summed E-state index contributed by atoms with van der Waals surface area (Å²) in [7, 11) is 0. The number of hydrogen-bond acceptors (Lipinski definition) is 6. The highest BCUT2D eigenvalue weighted by Gasteiger charge is 2.16. The highest BCUT2D eigenvalue weighted by molar-refractivity contribution is 5.91. The van der Waals surface area contributed by atoms with Crippen molar-refractivity contribution in [3.63, 3.8) is 0 Å². The van der Waals surface area contributed by atoms with Gasteiger partial charge in [-0.3, -0.25) is 4.79 Å². The molecule has 4 rings (SSSR count). The predicted octanol–water partition coefficient (Wildman–Crippen LogP) is 3.79. The van der Waals surface area contributed by atoms with Crippen molar-refractivity contribution in [3.8, 4) is 22.8 Å². The molecule has 28 heavy (non-hydrogen) atoms. The minimum atomic E-state index is -0.219. The Bertz CT molecular complexity index is 965. The predicted molar refractivity (Wildman–Crippen MR) is 102 cm³/mol. The van der Waals surface area contributed by atoms with Gasteiger partial charge < -0.3 is 24.1 Å². The standard InChI is InChI=1S/C21H20N2O5/c1-2-14-3-6-16(7-4-14)22-21(24)12-25-11-17-10-19(28-23-17)15-5-8-18-20(9-15)27-13-26-18/h3-10H,2,11-13H2,1H3,(H,22,24). The van der Waals surface area contributed by atoms with Gasteiger partial charge in [0.1, 0.15) is 12.3 Å². The molecule has 0 unspecified atom stereocenters. The number of anilines is 1. The van der Waals surface area contributed by atoms with Crippen LogP contribution in [-0.4, -0.2) is 24.5 Å². The first-order valence-electron chi connectivity index (χ1n) is 9.03. The third-order valence-corrected chi connectivity index (χ3v) is 4.35. The number of ether oxygens (including phenoxy) is 3. The van der Waals surface area contributed by atoms with Crippen molar-refractivity contribution >= 4 is 11.6 Å². The second kappa shape index (κ2) is 8.14. The Kier molecular flexibility index (Phi) is 5.25. The summed E-state index contributed by atoms with van der Waals surface area (Å²) in [6, 6.07) is 15.1. The number of nitrogens with zero attached hydrogens (tertiary/aromatic N) is 1. The molecule has 0 saturated carbocycles. The lowest BCUT2D eigenvalue weighted by atomic mass is 10.1. The number of nitrogens with one attached hydrogen (secondary N) is 1. The van der Waals surface area contributed by atoms with Crippen LogP contribution >= 0.6 is 0 Å². The molecule has 0 fully saturated rings. The maximum atomic E-state index is 12.0. The highest BCUT2D eigenvalue weighted by atomic mass is 16.7. The lowest BCUT2D eigenvalue weighted by molar-refractivity contribution is -0.121. The van der Waals surface area contributed by atoms with Gasteiger partial charge in [-0.05, 0) is 42.3 Å². The molecule has 1 N–H and O–H groups in total. The van der Waals surface area contributed by atoms with Gasteiger partial charge in [0.05, 0.1) is 6.61 Å². The van der Waals surface area contributed by atoms with Crippen LogP contribution < -0.4 is 14.8 Å². The maximum Gasteiger partial charge on any atom is 0.250 e. The number of benzene rings is 2. The Hall–Kier alpha value is -3.32. The van der Waals surface area contributed by atoms with E-state index in [2.05, 4.69) is 17.4 Å². The molecule has 3 aromatic rings. The lowest BCUT2D eigenvalue weighted by Crippen LogP contribution is -2.18. The molecule has 2 heterocycles. The van der Waals surface area contributed by atoms with E-state index < -0.39 is 0 Å². The highest BCUT2D eigenvalue weighted by Crippen LogP contribution is 2.36. The minimum absolute atomic E-state index is 0.0677. The SMILES string of the molecule is CCc1ccc(NC(=O)COCc2cc(-c3ccc4c(c3)OCO4)on2)cc1. The Balaban J connectivity index is 1.28. The van der Waals surface area contributed by atoms with Gasteiger partial charge in [-0.25, -0.2) is 0 Å². The third kappa shape index (κ3) is 4.15. The van der Waals surface area contributed by atoms with Crippen LogP contribution in [0.3, 0.4) is 0 Å². The van der Waals surface area contributed by atoms with E-state index in [0.29, 0.717) is 23.0 Å². The van der Waals surface area contributed by atoms with Gasteiger partial charge in [-0.2, -0.15) is 0 Å². The van der Waals surface area contributed by atoms with Gasteiger partial charge in [0.2, 0.25) is 12.7 Å². The van der Waals surface area contributed by atoms with Gasteiger partial charge >= 0.3 is 0 Å². The number of hydrogen-bond donors (Lipinski definition) is 1. The second-order valence-corrected chi connectivity index (χ2v) is 6.34. The number of carbonyl (C=O) groups is 1. The second-order valence-electron chi connectivity index (χ2n) is 6.34. The molecular formula is C21H20N2O5. The molecule has 0 atom stereocenters. The van der Waals surface area contributed by atoms with E-state index in [1.54, 1.807) is 6.07 Å². The van der Waals surface area contributed by atoms with E-state index in [1.807, 2.05) is 42.5 Å². The largest absolute Gasteiger partial charge is 0.454 e. The van der Waals surface area contributed by atoms with E-state index in [4.69, 9.17) is 18.7 Å². The fourth-order valence-corrected chi connectivity index (χ4v) is 2.83. The van der Waals surface area contributed by atoms with Crippen molar-refractivity contribution in [3.05, 3.63) is 59.8 Å². The molecule has 1 aliphatic heterocycles. The molecule has 0 saturated heterocycles. The smallest absolute Gasteiger partial charge is 0.250 e. The van der Waals surface area contributed by atoms with Crippen LogP contribution in [0.5, 0.6) is 11.5 Å². The summed E-state index contributed by atoms with van der Waals surface area (Å²) in [6.45, 7) is 2.42. The van der Waals surface area contributed by atoms with Crippen LogP contribution in [0, 0.1) is 0 Å². The molecule has 7 heteroatoms. The van der Waals surface area contributed by atoms with E-state index in [9.17, 15) is 4.79 Å². The Labute approximate surface area is 162 Å². The van der Waals surface area contributed by atoms with Gasteiger partial charge in [0, 0.05) is 17.3 Å². The number of aromatic nitrogens is 1. The number of rotatable bonds is 7. The van der Waals surface area contributed by atoms with Crippen molar-refractivity contribution in [2.24, 2.45) is 0 Å². The molecule has 1 aliphatic rings. The third-order valence-electron chi connectivity index (χ3n) is 4.35. The summed E-state index contributed by atoms with van der Waals surface area (Å²) in [5, 5.41) is 6.78. The Morgan fingerprint density at radius 1 is 1.11 bits per heavy atom. The number of fused-ring (bicyclic) bond motifs is 1. The van der Waals surface area contributed by atoms with Crippen molar-refractivity contribution < 1.29 is 23.5 Å². The first-order valence-corrected chi connectivity index (χ1v) is 9.03. The normalized spacial score (nSPS) is 12.2.